The van der Waals surface area contributed by atoms with E-state index in [-0.39, 0.29) is 19.0 Å². The Morgan fingerprint density at radius 2 is 1.89 bits per heavy atom. The fourth-order valence-electron chi connectivity index (χ4n) is 1.87. The molecule has 8 heteroatoms. The third-order valence-corrected chi connectivity index (χ3v) is 2.68. The number of carbonyl (C=O) groups excluding carboxylic acids is 1. The van der Waals surface area contributed by atoms with Gasteiger partial charge >= 0.3 is 11.9 Å². The monoisotopic (exact) mass is 280 g/mol. The lowest BCUT2D eigenvalue weighted by Gasteiger charge is -2.32. The van der Waals surface area contributed by atoms with E-state index in [4.69, 9.17) is 10.2 Å². The average Bonchev–Trinajstić information content (AvgIpc) is 2.27. The lowest BCUT2D eigenvalue weighted by molar-refractivity contribution is -0.146. The van der Waals surface area contributed by atoms with Crippen molar-refractivity contribution in [1.82, 2.24) is 10.2 Å². The second kappa shape index (κ2) is 7.88. The number of hydrogen-bond acceptors (Lipinski definition) is 4. The van der Waals surface area contributed by atoms with E-state index >= 15 is 0 Å². The van der Waals surface area contributed by atoms with Crippen LogP contribution in [-0.2, 0) is 14.4 Å². The van der Waals surface area contributed by atoms with Crippen molar-refractivity contribution in [1.29, 1.82) is 0 Å². The van der Waals surface area contributed by atoms with Gasteiger partial charge in [0.2, 0.25) is 5.91 Å². The summed E-state index contributed by atoms with van der Waals surface area (Å²) < 4.78 is 0. The number of halogens is 1. The Morgan fingerprint density at radius 3 is 2.44 bits per heavy atom. The van der Waals surface area contributed by atoms with Gasteiger partial charge in [-0.3, -0.25) is 19.3 Å². The van der Waals surface area contributed by atoms with Gasteiger partial charge in [0.05, 0.1) is 6.54 Å². The molecule has 1 rings (SSSR count). The van der Waals surface area contributed by atoms with Gasteiger partial charge in [-0.25, -0.2) is 0 Å². The summed E-state index contributed by atoms with van der Waals surface area (Å²) in [6.07, 6.45) is 2.22. The van der Waals surface area contributed by atoms with Crippen LogP contribution < -0.4 is 5.32 Å². The standard InChI is InChI=1S/C10H16N2O5.ClH/c13-8(11-5-9(14)15)6-12-4-2-1-3-7(12)10(16)17;/h7H,1-6H2,(H,11,13)(H,14,15)(H,16,17);1H. The van der Waals surface area contributed by atoms with Crippen LogP contribution in [0.4, 0.5) is 0 Å². The molecular weight excluding hydrogens is 264 g/mol. The molecule has 0 radical (unpaired) electrons. The summed E-state index contributed by atoms with van der Waals surface area (Å²) in [4.78, 5) is 34.1. The van der Waals surface area contributed by atoms with E-state index in [0.29, 0.717) is 13.0 Å². The highest BCUT2D eigenvalue weighted by atomic mass is 35.5. The number of rotatable bonds is 5. The minimum absolute atomic E-state index is 0. The average molecular weight is 281 g/mol. The third-order valence-electron chi connectivity index (χ3n) is 2.68. The van der Waals surface area contributed by atoms with Crippen molar-refractivity contribution >= 4 is 30.3 Å². The van der Waals surface area contributed by atoms with E-state index in [9.17, 15) is 14.4 Å². The SMILES string of the molecule is Cl.O=C(O)CNC(=O)CN1CCCCC1C(=O)O. The first-order valence-electron chi connectivity index (χ1n) is 5.46. The number of nitrogens with one attached hydrogen (secondary N) is 1. The molecule has 3 N–H and O–H groups in total. The highest BCUT2D eigenvalue weighted by Crippen LogP contribution is 2.16. The minimum Gasteiger partial charge on any atom is -0.480 e. The molecule has 1 fully saturated rings. The topological polar surface area (TPSA) is 107 Å². The first kappa shape index (κ1) is 16.7. The molecule has 0 aromatic rings. The molecule has 104 valence electrons. The Hall–Kier alpha value is -1.34. The van der Waals surface area contributed by atoms with Crippen LogP contribution in [0.25, 0.3) is 0 Å². The van der Waals surface area contributed by atoms with E-state index in [1.807, 2.05) is 0 Å². The van der Waals surface area contributed by atoms with Crippen molar-refractivity contribution in [3.05, 3.63) is 0 Å². The summed E-state index contributed by atoms with van der Waals surface area (Å²) in [5.41, 5.74) is 0. The Balaban J connectivity index is 0.00000289. The molecule has 1 aliphatic heterocycles. The number of hydrogen-bond donors (Lipinski definition) is 3. The number of amides is 1. The van der Waals surface area contributed by atoms with Crippen molar-refractivity contribution in [3.63, 3.8) is 0 Å². The van der Waals surface area contributed by atoms with Crippen LogP contribution in [0, 0.1) is 0 Å². The predicted molar refractivity (Wildman–Crippen MR) is 64.7 cm³/mol. The number of piperidine rings is 1. The van der Waals surface area contributed by atoms with Gasteiger partial charge in [-0.05, 0) is 19.4 Å². The largest absolute Gasteiger partial charge is 0.480 e. The summed E-state index contributed by atoms with van der Waals surface area (Å²) in [6, 6.07) is -0.640. The quantitative estimate of drug-likeness (QED) is 0.630. The minimum atomic E-state index is -1.12. The zero-order chi connectivity index (χ0) is 12.8. The second-order valence-electron chi connectivity index (χ2n) is 3.99. The Kier molecular flexibility index (Phi) is 7.30. The smallest absolute Gasteiger partial charge is 0.322 e. The number of carbonyl (C=O) groups is 3. The van der Waals surface area contributed by atoms with Crippen LogP contribution in [0.15, 0.2) is 0 Å². The summed E-state index contributed by atoms with van der Waals surface area (Å²) in [5, 5.41) is 19.6. The summed E-state index contributed by atoms with van der Waals surface area (Å²) in [6.45, 7) is 0.0477. The normalized spacial score (nSPS) is 19.7. The molecule has 1 unspecified atom stereocenters. The number of carboxylic acids is 2. The van der Waals surface area contributed by atoms with E-state index in [0.717, 1.165) is 12.8 Å². The fraction of sp³-hybridized carbons (Fsp3) is 0.700. The van der Waals surface area contributed by atoms with Crippen LogP contribution in [-0.4, -0.2) is 58.6 Å². The highest BCUT2D eigenvalue weighted by Gasteiger charge is 2.29. The Bertz CT molecular complexity index is 323. The Morgan fingerprint density at radius 1 is 1.22 bits per heavy atom. The van der Waals surface area contributed by atoms with Gasteiger partial charge in [0.25, 0.3) is 0 Å². The van der Waals surface area contributed by atoms with E-state index in [1.165, 1.54) is 0 Å². The van der Waals surface area contributed by atoms with E-state index in [1.54, 1.807) is 4.90 Å². The maximum absolute atomic E-state index is 11.4. The molecule has 0 aromatic heterocycles. The van der Waals surface area contributed by atoms with Crippen LogP contribution >= 0.6 is 12.4 Å². The van der Waals surface area contributed by atoms with Crippen LogP contribution in [0.2, 0.25) is 0 Å². The molecule has 0 saturated carbocycles. The molecule has 1 aliphatic rings. The van der Waals surface area contributed by atoms with Gasteiger partial charge in [-0.2, -0.15) is 0 Å². The highest BCUT2D eigenvalue weighted by molar-refractivity contribution is 5.85. The molecule has 1 heterocycles. The summed E-state index contributed by atoms with van der Waals surface area (Å²) >= 11 is 0. The first-order valence-corrected chi connectivity index (χ1v) is 5.46. The molecular formula is C10H17ClN2O5. The van der Waals surface area contributed by atoms with Gasteiger partial charge < -0.3 is 15.5 Å². The van der Waals surface area contributed by atoms with Crippen molar-refractivity contribution in [3.8, 4) is 0 Å². The molecule has 18 heavy (non-hydrogen) atoms. The molecule has 1 atom stereocenters. The van der Waals surface area contributed by atoms with Gasteiger partial charge in [0.1, 0.15) is 12.6 Å². The van der Waals surface area contributed by atoms with Crippen molar-refractivity contribution in [2.75, 3.05) is 19.6 Å². The van der Waals surface area contributed by atoms with E-state index < -0.39 is 30.4 Å². The lowest BCUT2D eigenvalue weighted by Crippen LogP contribution is -2.49. The van der Waals surface area contributed by atoms with Gasteiger partial charge in [0.15, 0.2) is 0 Å². The zero-order valence-corrected chi connectivity index (χ0v) is 10.6. The maximum Gasteiger partial charge on any atom is 0.322 e. The van der Waals surface area contributed by atoms with Crippen molar-refractivity contribution < 1.29 is 24.6 Å². The lowest BCUT2D eigenvalue weighted by atomic mass is 10.0. The van der Waals surface area contributed by atoms with Crippen molar-refractivity contribution in [2.45, 2.75) is 25.3 Å². The molecule has 0 aliphatic carbocycles. The number of nitrogens with zero attached hydrogens (tertiary/aromatic N) is 1. The second-order valence-corrected chi connectivity index (χ2v) is 3.99. The first-order chi connectivity index (χ1) is 8.00. The fourth-order valence-corrected chi connectivity index (χ4v) is 1.87. The number of likely N-dealkylation sites (tertiary alicyclic amines) is 1. The molecule has 0 bridgehead atoms. The number of aliphatic carboxylic acids is 2. The maximum atomic E-state index is 11.4. The molecule has 0 aromatic carbocycles. The van der Waals surface area contributed by atoms with Crippen LogP contribution in [0.3, 0.4) is 0 Å². The molecule has 7 nitrogen and oxygen atoms in total. The zero-order valence-electron chi connectivity index (χ0n) is 9.79. The third kappa shape index (κ3) is 5.33. The Labute approximate surface area is 111 Å². The summed E-state index contributed by atoms with van der Waals surface area (Å²) in [7, 11) is 0. The van der Waals surface area contributed by atoms with Crippen molar-refractivity contribution in [2.24, 2.45) is 0 Å². The number of carboxylic acid groups (broad SMARTS) is 2. The van der Waals surface area contributed by atoms with Gasteiger partial charge in [-0.15, -0.1) is 12.4 Å². The predicted octanol–water partition coefficient (Wildman–Crippen LogP) is -0.452. The molecule has 1 amide bonds. The summed E-state index contributed by atoms with van der Waals surface area (Å²) in [5.74, 6) is -2.51. The molecule has 1 saturated heterocycles. The van der Waals surface area contributed by atoms with E-state index in [2.05, 4.69) is 5.32 Å². The van der Waals surface area contributed by atoms with Crippen LogP contribution in [0.1, 0.15) is 19.3 Å². The van der Waals surface area contributed by atoms with Gasteiger partial charge in [-0.1, -0.05) is 6.42 Å². The van der Waals surface area contributed by atoms with Crippen LogP contribution in [0.5, 0.6) is 0 Å². The molecule has 0 spiro atoms. The van der Waals surface area contributed by atoms with Gasteiger partial charge in [0, 0.05) is 0 Å².